The van der Waals surface area contributed by atoms with Crippen LogP contribution in [0.5, 0.6) is 0 Å². The maximum absolute atomic E-state index is 11.7. The first-order chi connectivity index (χ1) is 8.16. The van der Waals surface area contributed by atoms with Gasteiger partial charge in [-0.3, -0.25) is 9.59 Å². The van der Waals surface area contributed by atoms with Crippen LogP contribution in [-0.2, 0) is 9.53 Å². The van der Waals surface area contributed by atoms with E-state index in [-0.39, 0.29) is 6.10 Å². The molecular formula is C11H12ClNO3S. The minimum atomic E-state index is -0.598. The zero-order chi connectivity index (χ0) is 12.3. The number of amides is 1. The summed E-state index contributed by atoms with van der Waals surface area (Å²) in [6, 6.07) is 3.16. The van der Waals surface area contributed by atoms with Crippen molar-refractivity contribution in [1.29, 1.82) is 0 Å². The summed E-state index contributed by atoms with van der Waals surface area (Å²) < 4.78 is 5.85. The second kappa shape index (κ2) is 5.62. The van der Waals surface area contributed by atoms with Crippen LogP contribution in [0.4, 0.5) is 0 Å². The smallest absolute Gasteiger partial charge is 0.293 e. The summed E-state index contributed by atoms with van der Waals surface area (Å²) >= 11 is 6.81. The lowest BCUT2D eigenvalue weighted by Crippen LogP contribution is -2.36. The number of halogens is 1. The number of carbonyl (C=O) groups excluding carboxylic acids is 2. The SMILES string of the molecule is O=C(NCC1CCCO1)C(=O)c1ccc(Cl)s1. The molecule has 6 heteroatoms. The maximum atomic E-state index is 11.7. The molecule has 0 radical (unpaired) electrons. The van der Waals surface area contributed by atoms with Crippen LogP contribution in [0.15, 0.2) is 12.1 Å². The molecule has 1 atom stereocenters. The van der Waals surface area contributed by atoms with E-state index in [0.29, 0.717) is 15.8 Å². The van der Waals surface area contributed by atoms with E-state index in [1.165, 1.54) is 0 Å². The molecule has 2 heterocycles. The Bertz CT molecular complexity index is 426. The lowest BCUT2D eigenvalue weighted by Gasteiger charge is -2.09. The molecule has 1 aliphatic rings. The molecule has 1 amide bonds. The first-order valence-corrected chi connectivity index (χ1v) is 6.56. The van der Waals surface area contributed by atoms with Crippen LogP contribution in [0.25, 0.3) is 0 Å². The number of carbonyl (C=O) groups is 2. The van der Waals surface area contributed by atoms with Crippen LogP contribution in [0.3, 0.4) is 0 Å². The number of thiophene rings is 1. The molecule has 1 N–H and O–H groups in total. The van der Waals surface area contributed by atoms with Gasteiger partial charge in [0.25, 0.3) is 11.7 Å². The second-order valence-corrected chi connectivity index (χ2v) is 5.49. The van der Waals surface area contributed by atoms with Crippen LogP contribution in [-0.4, -0.2) is 30.9 Å². The van der Waals surface area contributed by atoms with E-state index in [1.54, 1.807) is 12.1 Å². The van der Waals surface area contributed by atoms with Gasteiger partial charge in [-0.05, 0) is 25.0 Å². The highest BCUT2D eigenvalue weighted by Crippen LogP contribution is 2.21. The highest BCUT2D eigenvalue weighted by molar-refractivity contribution is 7.18. The van der Waals surface area contributed by atoms with Gasteiger partial charge >= 0.3 is 0 Å². The van der Waals surface area contributed by atoms with Crippen LogP contribution in [0.2, 0.25) is 4.34 Å². The van der Waals surface area contributed by atoms with Gasteiger partial charge in [0.2, 0.25) is 0 Å². The fourth-order valence-electron chi connectivity index (χ4n) is 1.64. The van der Waals surface area contributed by atoms with Crippen LogP contribution in [0, 0.1) is 0 Å². The number of ether oxygens (including phenoxy) is 1. The van der Waals surface area contributed by atoms with Crippen molar-refractivity contribution in [2.45, 2.75) is 18.9 Å². The molecule has 4 nitrogen and oxygen atoms in total. The molecule has 1 unspecified atom stereocenters. The molecule has 1 saturated heterocycles. The lowest BCUT2D eigenvalue weighted by atomic mass is 10.2. The van der Waals surface area contributed by atoms with Gasteiger partial charge in [-0.1, -0.05) is 11.6 Å². The van der Waals surface area contributed by atoms with Gasteiger partial charge < -0.3 is 10.1 Å². The molecule has 0 aliphatic carbocycles. The number of nitrogens with one attached hydrogen (secondary N) is 1. The van der Waals surface area contributed by atoms with E-state index in [4.69, 9.17) is 16.3 Å². The zero-order valence-electron chi connectivity index (χ0n) is 9.07. The minimum absolute atomic E-state index is 0.0404. The first kappa shape index (κ1) is 12.5. The van der Waals surface area contributed by atoms with E-state index in [2.05, 4.69) is 5.32 Å². The predicted octanol–water partition coefficient (Wildman–Crippen LogP) is 1.88. The summed E-state index contributed by atoms with van der Waals surface area (Å²) in [6.45, 7) is 1.12. The number of Topliss-reactive ketones (excluding diaryl/α,β-unsaturated/α-hetero) is 1. The third kappa shape index (κ3) is 3.28. The molecule has 0 aromatic carbocycles. The maximum Gasteiger partial charge on any atom is 0.293 e. The molecule has 92 valence electrons. The van der Waals surface area contributed by atoms with Crippen LogP contribution in [0.1, 0.15) is 22.5 Å². The molecule has 0 bridgehead atoms. The van der Waals surface area contributed by atoms with Crippen molar-refractivity contribution < 1.29 is 14.3 Å². The highest BCUT2D eigenvalue weighted by Gasteiger charge is 2.21. The summed E-state index contributed by atoms with van der Waals surface area (Å²) in [5.41, 5.74) is 0. The Morgan fingerprint density at radius 1 is 1.53 bits per heavy atom. The Balaban J connectivity index is 1.85. The van der Waals surface area contributed by atoms with Gasteiger partial charge in [-0.25, -0.2) is 0 Å². The van der Waals surface area contributed by atoms with Gasteiger partial charge in [-0.15, -0.1) is 11.3 Å². The van der Waals surface area contributed by atoms with E-state index < -0.39 is 11.7 Å². The summed E-state index contributed by atoms with van der Waals surface area (Å²) in [4.78, 5) is 23.6. The molecule has 1 aromatic rings. The van der Waals surface area contributed by atoms with E-state index in [0.717, 1.165) is 30.8 Å². The van der Waals surface area contributed by atoms with Gasteiger partial charge in [0, 0.05) is 13.2 Å². The van der Waals surface area contributed by atoms with Crippen LogP contribution < -0.4 is 5.32 Å². The first-order valence-electron chi connectivity index (χ1n) is 5.36. The molecule has 0 spiro atoms. The summed E-state index contributed by atoms with van der Waals surface area (Å²) in [6.07, 6.45) is 1.98. The average molecular weight is 274 g/mol. The second-order valence-electron chi connectivity index (χ2n) is 3.78. The van der Waals surface area contributed by atoms with Gasteiger partial charge in [0.05, 0.1) is 15.3 Å². The molecule has 1 aliphatic heterocycles. The number of rotatable bonds is 4. The molecule has 1 fully saturated rings. The molecule has 1 aromatic heterocycles. The van der Waals surface area contributed by atoms with Crippen molar-refractivity contribution in [3.63, 3.8) is 0 Å². The lowest BCUT2D eigenvalue weighted by molar-refractivity contribution is -0.117. The van der Waals surface area contributed by atoms with Crippen molar-refractivity contribution in [3.05, 3.63) is 21.3 Å². The van der Waals surface area contributed by atoms with E-state index >= 15 is 0 Å². The Labute approximate surface area is 108 Å². The van der Waals surface area contributed by atoms with Crippen LogP contribution >= 0.6 is 22.9 Å². The fourth-order valence-corrected chi connectivity index (χ4v) is 2.62. The summed E-state index contributed by atoms with van der Waals surface area (Å²) in [7, 11) is 0. The topological polar surface area (TPSA) is 55.4 Å². The number of hydrogen-bond acceptors (Lipinski definition) is 4. The average Bonchev–Trinajstić information content (AvgIpc) is 2.95. The number of hydrogen-bond donors (Lipinski definition) is 1. The van der Waals surface area contributed by atoms with E-state index in [9.17, 15) is 9.59 Å². The monoisotopic (exact) mass is 273 g/mol. The molecule has 17 heavy (non-hydrogen) atoms. The Hall–Kier alpha value is -0.910. The Morgan fingerprint density at radius 3 is 2.94 bits per heavy atom. The quantitative estimate of drug-likeness (QED) is 0.673. The molecule has 2 rings (SSSR count). The third-order valence-corrected chi connectivity index (χ3v) is 3.75. The third-order valence-electron chi connectivity index (χ3n) is 2.52. The minimum Gasteiger partial charge on any atom is -0.376 e. The number of ketones is 1. The van der Waals surface area contributed by atoms with Crippen molar-refractivity contribution >= 4 is 34.6 Å². The van der Waals surface area contributed by atoms with Crippen molar-refractivity contribution in [3.8, 4) is 0 Å². The van der Waals surface area contributed by atoms with Gasteiger partial charge in [0.1, 0.15) is 0 Å². The fraction of sp³-hybridized carbons (Fsp3) is 0.455. The van der Waals surface area contributed by atoms with E-state index in [1.807, 2.05) is 0 Å². The Morgan fingerprint density at radius 2 is 2.35 bits per heavy atom. The largest absolute Gasteiger partial charge is 0.376 e. The highest BCUT2D eigenvalue weighted by atomic mass is 35.5. The van der Waals surface area contributed by atoms with Gasteiger partial charge in [-0.2, -0.15) is 0 Å². The van der Waals surface area contributed by atoms with Crippen molar-refractivity contribution in [2.75, 3.05) is 13.2 Å². The Kier molecular flexibility index (Phi) is 4.15. The predicted molar refractivity (Wildman–Crippen MR) is 65.6 cm³/mol. The van der Waals surface area contributed by atoms with Crippen molar-refractivity contribution in [1.82, 2.24) is 5.32 Å². The molecular weight excluding hydrogens is 262 g/mol. The normalized spacial score (nSPS) is 19.2. The summed E-state index contributed by atoms with van der Waals surface area (Å²) in [5.74, 6) is -1.14. The molecule has 0 saturated carbocycles. The summed E-state index contributed by atoms with van der Waals surface area (Å²) in [5, 5.41) is 2.58. The van der Waals surface area contributed by atoms with Gasteiger partial charge in [0.15, 0.2) is 0 Å². The standard InChI is InChI=1S/C11H12ClNO3S/c12-9-4-3-8(17-9)10(14)11(15)13-6-7-2-1-5-16-7/h3-4,7H,1-2,5-6H2,(H,13,15). The zero-order valence-corrected chi connectivity index (χ0v) is 10.6. The van der Waals surface area contributed by atoms with Crippen molar-refractivity contribution in [2.24, 2.45) is 0 Å².